The minimum Gasteiger partial charge on any atom is -0.491 e. The Hall–Kier alpha value is -4.66. The van der Waals surface area contributed by atoms with Crippen LogP contribution in [0.4, 0.5) is 5.69 Å². The minimum atomic E-state index is -0.624. The van der Waals surface area contributed by atoms with Crippen LogP contribution in [0.5, 0.6) is 5.75 Å². The molecule has 0 spiro atoms. The number of aromatic nitrogens is 1. The number of aromatic amines is 1. The third kappa shape index (κ3) is 4.78. The lowest BCUT2D eigenvalue weighted by atomic mass is 9.93. The topological polar surface area (TPSA) is 112 Å². The van der Waals surface area contributed by atoms with Crippen LogP contribution in [-0.2, 0) is 6.54 Å². The molecule has 2 amide bonds. The molecule has 4 N–H and O–H groups in total. The summed E-state index contributed by atoms with van der Waals surface area (Å²) in [6.07, 6.45) is -0.624. The second-order valence-corrected chi connectivity index (χ2v) is 11.3. The van der Waals surface area contributed by atoms with Gasteiger partial charge in [0.05, 0.1) is 23.1 Å². The Morgan fingerprint density at radius 3 is 2.62 bits per heavy atom. The molecule has 214 valence electrons. The van der Waals surface area contributed by atoms with E-state index < -0.39 is 12.0 Å². The number of carbonyl (C=O) groups is 2. The zero-order valence-corrected chi connectivity index (χ0v) is 24.2. The number of anilines is 1. The first-order chi connectivity index (χ1) is 20.1. The van der Waals surface area contributed by atoms with Crippen LogP contribution in [-0.4, -0.2) is 60.2 Å². The van der Waals surface area contributed by atoms with Gasteiger partial charge in [0.1, 0.15) is 18.5 Å². The SMILES string of the molecule is Cc1ccc2c(c1)C(=O)N(c1cccc(-c3ccc(C(N)=O)c4[nH]c5cc(OCC(O)CN(C)C)ccc5c34)c1C)C2. The van der Waals surface area contributed by atoms with Crippen molar-refractivity contribution in [1.29, 1.82) is 0 Å². The summed E-state index contributed by atoms with van der Waals surface area (Å²) < 4.78 is 5.88. The van der Waals surface area contributed by atoms with E-state index in [1.165, 1.54) is 0 Å². The van der Waals surface area contributed by atoms with Gasteiger partial charge in [-0.15, -0.1) is 0 Å². The summed E-state index contributed by atoms with van der Waals surface area (Å²) in [5, 5.41) is 12.0. The molecule has 0 saturated carbocycles. The predicted octanol–water partition coefficient (Wildman–Crippen LogP) is 5.17. The van der Waals surface area contributed by atoms with E-state index in [2.05, 4.69) is 4.98 Å². The number of nitrogens with zero attached hydrogens (tertiary/aromatic N) is 2. The first-order valence-electron chi connectivity index (χ1n) is 14.0. The Morgan fingerprint density at radius 2 is 1.86 bits per heavy atom. The lowest BCUT2D eigenvalue weighted by molar-refractivity contribution is 0.0831. The maximum atomic E-state index is 13.4. The molecular weight excluding hydrogens is 528 g/mol. The van der Waals surface area contributed by atoms with Gasteiger partial charge >= 0.3 is 0 Å². The van der Waals surface area contributed by atoms with E-state index in [1.807, 2.05) is 98.4 Å². The van der Waals surface area contributed by atoms with Gasteiger partial charge in [-0.25, -0.2) is 0 Å². The van der Waals surface area contributed by atoms with Crippen molar-refractivity contribution in [3.63, 3.8) is 0 Å². The van der Waals surface area contributed by atoms with Crippen molar-refractivity contribution in [2.45, 2.75) is 26.5 Å². The van der Waals surface area contributed by atoms with E-state index in [0.29, 0.717) is 29.9 Å². The number of hydrogen-bond acceptors (Lipinski definition) is 5. The van der Waals surface area contributed by atoms with Crippen LogP contribution in [0, 0.1) is 13.8 Å². The number of aryl methyl sites for hydroxylation is 1. The first kappa shape index (κ1) is 27.5. The number of fused-ring (bicyclic) bond motifs is 4. The second kappa shape index (κ2) is 10.6. The van der Waals surface area contributed by atoms with E-state index in [-0.39, 0.29) is 12.5 Å². The molecule has 1 aromatic heterocycles. The van der Waals surface area contributed by atoms with Gasteiger partial charge in [0.2, 0.25) is 0 Å². The van der Waals surface area contributed by atoms with Gasteiger partial charge in [0, 0.05) is 34.6 Å². The van der Waals surface area contributed by atoms with Crippen LogP contribution >= 0.6 is 0 Å². The fourth-order valence-electron chi connectivity index (χ4n) is 5.99. The number of aliphatic hydroxyl groups excluding tert-OH is 1. The van der Waals surface area contributed by atoms with Crippen LogP contribution in [0.3, 0.4) is 0 Å². The lowest BCUT2D eigenvalue weighted by Gasteiger charge is -2.21. The number of carbonyl (C=O) groups excluding carboxylic acids is 2. The number of nitrogens with two attached hydrogens (primary N) is 1. The number of H-pyrrole nitrogens is 1. The molecule has 1 aliphatic heterocycles. The summed E-state index contributed by atoms with van der Waals surface area (Å²) in [5.74, 6) is 0.0793. The molecule has 0 aliphatic carbocycles. The maximum absolute atomic E-state index is 13.4. The van der Waals surface area contributed by atoms with Gasteiger partial charge in [0.25, 0.3) is 11.8 Å². The summed E-state index contributed by atoms with van der Waals surface area (Å²) in [6, 6.07) is 21.4. The Kier molecular flexibility index (Phi) is 6.96. The number of nitrogens with one attached hydrogen (secondary N) is 1. The fourth-order valence-corrected chi connectivity index (χ4v) is 5.99. The summed E-state index contributed by atoms with van der Waals surface area (Å²) in [7, 11) is 3.79. The van der Waals surface area contributed by atoms with Gasteiger partial charge in [-0.3, -0.25) is 9.59 Å². The highest BCUT2D eigenvalue weighted by atomic mass is 16.5. The smallest absolute Gasteiger partial charge is 0.258 e. The van der Waals surface area contributed by atoms with Crippen molar-refractivity contribution in [2.24, 2.45) is 5.73 Å². The van der Waals surface area contributed by atoms with E-state index >= 15 is 0 Å². The predicted molar refractivity (Wildman–Crippen MR) is 166 cm³/mol. The molecule has 1 aliphatic rings. The van der Waals surface area contributed by atoms with Crippen LogP contribution in [0.25, 0.3) is 32.9 Å². The Labute approximate surface area is 244 Å². The van der Waals surface area contributed by atoms with Gasteiger partial charge in [0.15, 0.2) is 0 Å². The summed E-state index contributed by atoms with van der Waals surface area (Å²) in [4.78, 5) is 33.0. The minimum absolute atomic E-state index is 0.00139. The highest BCUT2D eigenvalue weighted by Gasteiger charge is 2.30. The van der Waals surface area contributed by atoms with Crippen LogP contribution in [0.1, 0.15) is 37.4 Å². The van der Waals surface area contributed by atoms with Crippen LogP contribution < -0.4 is 15.4 Å². The zero-order chi connectivity index (χ0) is 29.7. The standard InChI is InChI=1S/C34H34N4O4/c1-19-8-9-21-16-38(34(41)28(21)14-19)30-7-5-6-24(20(30)2)25-12-13-27(33(35)40)32-31(25)26-11-10-23(15-29(26)36-32)42-18-22(39)17-37(3)4/h5-15,22,36,39H,16-18H2,1-4H3,(H2,35,40). The molecule has 0 saturated heterocycles. The van der Waals surface area contributed by atoms with E-state index in [1.54, 1.807) is 6.07 Å². The van der Waals surface area contributed by atoms with Gasteiger partial charge < -0.3 is 30.4 Å². The van der Waals surface area contributed by atoms with Crippen molar-refractivity contribution in [2.75, 3.05) is 32.1 Å². The van der Waals surface area contributed by atoms with Crippen molar-refractivity contribution in [3.05, 3.63) is 94.5 Å². The molecule has 42 heavy (non-hydrogen) atoms. The Morgan fingerprint density at radius 1 is 1.05 bits per heavy atom. The molecule has 8 nitrogen and oxygen atoms in total. The first-order valence-corrected chi connectivity index (χ1v) is 14.0. The van der Waals surface area contributed by atoms with Crippen LogP contribution in [0.2, 0.25) is 0 Å². The molecule has 1 unspecified atom stereocenters. The third-order valence-electron chi connectivity index (χ3n) is 7.96. The average Bonchev–Trinajstić information content (AvgIpc) is 3.48. The number of hydrogen-bond donors (Lipinski definition) is 3. The molecule has 0 radical (unpaired) electrons. The van der Waals surface area contributed by atoms with Gasteiger partial charge in [-0.1, -0.05) is 35.9 Å². The molecule has 6 rings (SSSR count). The molecule has 8 heteroatoms. The van der Waals surface area contributed by atoms with Crippen molar-refractivity contribution in [3.8, 4) is 16.9 Å². The molecule has 5 aromatic rings. The van der Waals surface area contributed by atoms with Crippen molar-refractivity contribution < 1.29 is 19.4 Å². The highest BCUT2D eigenvalue weighted by molar-refractivity contribution is 6.20. The molecule has 1 atom stereocenters. The third-order valence-corrected chi connectivity index (χ3v) is 7.96. The summed E-state index contributed by atoms with van der Waals surface area (Å²) >= 11 is 0. The van der Waals surface area contributed by atoms with Crippen molar-refractivity contribution >= 4 is 39.3 Å². The molecule has 4 aromatic carbocycles. The molecule has 0 bridgehead atoms. The Balaban J connectivity index is 1.44. The number of likely N-dealkylation sites (N-methyl/N-ethyl adjacent to an activating group) is 1. The summed E-state index contributed by atoms with van der Waals surface area (Å²) in [5.41, 5.74) is 14.1. The highest BCUT2D eigenvalue weighted by Crippen LogP contribution is 2.41. The summed E-state index contributed by atoms with van der Waals surface area (Å²) in [6.45, 7) is 5.20. The van der Waals surface area contributed by atoms with Crippen LogP contribution in [0.15, 0.2) is 66.7 Å². The number of rotatable bonds is 8. The number of amides is 2. The number of ether oxygens (including phenoxy) is 1. The number of aliphatic hydroxyl groups is 1. The number of benzene rings is 4. The normalized spacial score (nSPS) is 13.8. The van der Waals surface area contributed by atoms with E-state index in [0.717, 1.165) is 55.4 Å². The fraction of sp³-hybridized carbons (Fsp3) is 0.235. The maximum Gasteiger partial charge on any atom is 0.258 e. The number of primary amides is 1. The molecular formula is C34H34N4O4. The molecule has 0 fully saturated rings. The average molecular weight is 563 g/mol. The Bertz CT molecular complexity index is 1870. The quantitative estimate of drug-likeness (QED) is 0.242. The lowest BCUT2D eigenvalue weighted by Crippen LogP contribution is -2.30. The van der Waals surface area contributed by atoms with E-state index in [9.17, 15) is 14.7 Å². The van der Waals surface area contributed by atoms with E-state index in [4.69, 9.17) is 10.5 Å². The van der Waals surface area contributed by atoms with Gasteiger partial charge in [-0.05, 0) is 80.5 Å². The second-order valence-electron chi connectivity index (χ2n) is 11.3. The largest absolute Gasteiger partial charge is 0.491 e. The van der Waals surface area contributed by atoms with Crippen molar-refractivity contribution in [1.82, 2.24) is 9.88 Å². The monoisotopic (exact) mass is 562 g/mol. The molecule has 2 heterocycles. The van der Waals surface area contributed by atoms with Gasteiger partial charge in [-0.2, -0.15) is 0 Å². The zero-order valence-electron chi connectivity index (χ0n) is 24.2.